The van der Waals surface area contributed by atoms with E-state index in [2.05, 4.69) is 36.1 Å². The van der Waals surface area contributed by atoms with Crippen molar-refractivity contribution in [2.45, 2.75) is 39.2 Å². The Hall–Kier alpha value is -1.98. The second-order valence-electron chi connectivity index (χ2n) is 6.71. The molecule has 1 atom stereocenters. The summed E-state index contributed by atoms with van der Waals surface area (Å²) in [6.07, 6.45) is 0.588. The van der Waals surface area contributed by atoms with Gasteiger partial charge in [-0.1, -0.05) is 56.6 Å². The zero-order chi connectivity index (χ0) is 17.9. The maximum atomic E-state index is 12.1. The molecule has 2 rings (SSSR count). The van der Waals surface area contributed by atoms with E-state index in [0.29, 0.717) is 5.82 Å². The Labute approximate surface area is 147 Å². The number of amides is 1. The monoisotopic (exact) mass is 347 g/mol. The van der Waals surface area contributed by atoms with Crippen LogP contribution in [0.4, 0.5) is 0 Å². The van der Waals surface area contributed by atoms with Crippen LogP contribution in [0.3, 0.4) is 0 Å². The van der Waals surface area contributed by atoms with E-state index < -0.39 is 12.0 Å². The molecule has 0 saturated carbocycles. The first kappa shape index (κ1) is 18.4. The number of benzene rings is 1. The highest BCUT2D eigenvalue weighted by atomic mass is 35.5. The number of aliphatic hydroxyl groups excluding tert-OH is 1. The molecule has 0 bridgehead atoms. The minimum atomic E-state index is -0.801. The summed E-state index contributed by atoms with van der Waals surface area (Å²) in [6, 6.07) is 7.73. The van der Waals surface area contributed by atoms with Crippen LogP contribution >= 0.6 is 11.6 Å². The van der Waals surface area contributed by atoms with Gasteiger partial charge in [0.05, 0.1) is 17.3 Å². The number of carbonyl (C=O) groups excluding carboxylic acids is 1. The van der Waals surface area contributed by atoms with E-state index in [0.717, 1.165) is 5.56 Å². The minimum absolute atomic E-state index is 0.0549. The molecule has 1 amide bonds. The zero-order valence-corrected chi connectivity index (χ0v) is 15.1. The van der Waals surface area contributed by atoms with Crippen LogP contribution in [-0.2, 0) is 5.41 Å². The number of halogens is 1. The van der Waals surface area contributed by atoms with Crippen molar-refractivity contribution in [1.82, 2.24) is 15.3 Å². The van der Waals surface area contributed by atoms with Gasteiger partial charge in [0.1, 0.15) is 11.5 Å². The van der Waals surface area contributed by atoms with Gasteiger partial charge in [0.25, 0.3) is 5.91 Å². The summed E-state index contributed by atoms with van der Waals surface area (Å²) in [5.41, 5.74) is 2.10. The fourth-order valence-corrected chi connectivity index (χ4v) is 2.39. The number of aromatic nitrogens is 2. The largest absolute Gasteiger partial charge is 0.387 e. The molecule has 1 aromatic heterocycles. The van der Waals surface area contributed by atoms with Crippen molar-refractivity contribution in [3.05, 3.63) is 58.1 Å². The van der Waals surface area contributed by atoms with Crippen LogP contribution in [0.2, 0.25) is 5.02 Å². The quantitative estimate of drug-likeness (QED) is 0.890. The van der Waals surface area contributed by atoms with Gasteiger partial charge < -0.3 is 10.4 Å². The summed E-state index contributed by atoms with van der Waals surface area (Å²) in [5, 5.41) is 13.1. The second kappa shape index (κ2) is 7.28. The van der Waals surface area contributed by atoms with Crippen LogP contribution in [0.5, 0.6) is 0 Å². The summed E-state index contributed by atoms with van der Waals surface area (Å²) in [5.74, 6) is 0.0266. The number of hydrogen-bond donors (Lipinski definition) is 2. The number of hydrogen-bond acceptors (Lipinski definition) is 4. The summed E-state index contributed by atoms with van der Waals surface area (Å²) in [4.78, 5) is 20.1. The van der Waals surface area contributed by atoms with E-state index in [-0.39, 0.29) is 22.7 Å². The second-order valence-corrected chi connectivity index (χ2v) is 7.12. The lowest BCUT2D eigenvalue weighted by Crippen LogP contribution is -2.29. The van der Waals surface area contributed by atoms with Crippen molar-refractivity contribution in [3.63, 3.8) is 0 Å². The van der Waals surface area contributed by atoms with Gasteiger partial charge in [0.15, 0.2) is 0 Å². The van der Waals surface area contributed by atoms with Crippen LogP contribution < -0.4 is 5.32 Å². The minimum Gasteiger partial charge on any atom is -0.387 e. The van der Waals surface area contributed by atoms with E-state index in [1.54, 1.807) is 6.92 Å². The first-order valence-corrected chi connectivity index (χ1v) is 8.12. The van der Waals surface area contributed by atoms with Crippen molar-refractivity contribution < 1.29 is 9.90 Å². The van der Waals surface area contributed by atoms with Crippen LogP contribution in [0.15, 0.2) is 30.5 Å². The maximum Gasteiger partial charge on any atom is 0.271 e. The highest BCUT2D eigenvalue weighted by molar-refractivity contribution is 6.33. The lowest BCUT2D eigenvalue weighted by molar-refractivity contribution is 0.0911. The number of carbonyl (C=O) groups is 1. The summed E-state index contributed by atoms with van der Waals surface area (Å²) < 4.78 is 0. The third-order valence-corrected chi connectivity index (χ3v) is 3.97. The standard InChI is InChI=1S/C18H22ClN3O2/c1-11-20-9-14(19)16(22-11)17(24)21-10-15(23)12-5-7-13(8-6-12)18(2,3)4/h5-9,15,23H,10H2,1-4H3,(H,21,24). The fraction of sp³-hybridized carbons (Fsp3) is 0.389. The molecule has 2 aromatic rings. The van der Waals surface area contributed by atoms with Gasteiger partial charge in [-0.05, 0) is 23.5 Å². The van der Waals surface area contributed by atoms with Gasteiger partial charge in [-0.25, -0.2) is 9.97 Å². The SMILES string of the molecule is Cc1ncc(Cl)c(C(=O)NCC(O)c2ccc(C(C)(C)C)cc2)n1. The van der Waals surface area contributed by atoms with Gasteiger partial charge in [0.2, 0.25) is 0 Å². The Kier molecular flexibility index (Phi) is 5.57. The van der Waals surface area contributed by atoms with Crippen molar-refractivity contribution in [3.8, 4) is 0 Å². The number of nitrogens with zero attached hydrogens (tertiary/aromatic N) is 2. The smallest absolute Gasteiger partial charge is 0.271 e. The Balaban J connectivity index is 2.01. The molecule has 0 radical (unpaired) electrons. The summed E-state index contributed by atoms with van der Waals surface area (Å²) >= 11 is 5.94. The normalized spacial score (nSPS) is 12.8. The summed E-state index contributed by atoms with van der Waals surface area (Å²) in [7, 11) is 0. The lowest BCUT2D eigenvalue weighted by Gasteiger charge is -2.20. The topological polar surface area (TPSA) is 75.1 Å². The molecular formula is C18H22ClN3O2. The molecule has 0 spiro atoms. The molecule has 24 heavy (non-hydrogen) atoms. The molecule has 0 aliphatic rings. The van der Waals surface area contributed by atoms with Crippen LogP contribution in [0, 0.1) is 6.92 Å². The van der Waals surface area contributed by atoms with E-state index >= 15 is 0 Å². The molecule has 1 heterocycles. The first-order chi connectivity index (χ1) is 11.2. The van der Waals surface area contributed by atoms with Crippen molar-refractivity contribution in [1.29, 1.82) is 0 Å². The van der Waals surface area contributed by atoms with Gasteiger partial charge in [-0.2, -0.15) is 0 Å². The Morgan fingerprint density at radius 2 is 1.92 bits per heavy atom. The van der Waals surface area contributed by atoms with Crippen molar-refractivity contribution in [2.24, 2.45) is 0 Å². The van der Waals surface area contributed by atoms with Gasteiger partial charge in [0, 0.05) is 6.54 Å². The predicted octanol–water partition coefficient (Wildman–Crippen LogP) is 3.20. The van der Waals surface area contributed by atoms with E-state index in [1.165, 1.54) is 11.8 Å². The van der Waals surface area contributed by atoms with Crippen molar-refractivity contribution in [2.75, 3.05) is 6.54 Å². The molecule has 0 fully saturated rings. The highest BCUT2D eigenvalue weighted by Gasteiger charge is 2.17. The van der Waals surface area contributed by atoms with E-state index in [1.807, 2.05) is 24.3 Å². The molecule has 5 nitrogen and oxygen atoms in total. The zero-order valence-electron chi connectivity index (χ0n) is 14.3. The first-order valence-electron chi connectivity index (χ1n) is 7.74. The van der Waals surface area contributed by atoms with Crippen molar-refractivity contribution >= 4 is 17.5 Å². The molecular weight excluding hydrogens is 326 g/mol. The molecule has 2 N–H and O–H groups in total. The highest BCUT2D eigenvalue weighted by Crippen LogP contribution is 2.23. The number of nitrogens with one attached hydrogen (secondary N) is 1. The Morgan fingerprint density at radius 1 is 1.29 bits per heavy atom. The fourth-order valence-electron chi connectivity index (χ4n) is 2.21. The molecule has 0 aliphatic heterocycles. The lowest BCUT2D eigenvalue weighted by atomic mass is 9.86. The maximum absolute atomic E-state index is 12.1. The number of aliphatic hydroxyl groups is 1. The van der Waals surface area contributed by atoms with Gasteiger partial charge in [-0.3, -0.25) is 4.79 Å². The third kappa shape index (κ3) is 4.52. The molecule has 0 saturated heterocycles. The van der Waals surface area contributed by atoms with E-state index in [4.69, 9.17) is 11.6 Å². The molecule has 6 heteroatoms. The molecule has 128 valence electrons. The Bertz CT molecular complexity index is 724. The number of aryl methyl sites for hydroxylation is 1. The third-order valence-electron chi connectivity index (χ3n) is 3.70. The molecule has 1 unspecified atom stereocenters. The van der Waals surface area contributed by atoms with Gasteiger partial charge in [-0.15, -0.1) is 0 Å². The number of rotatable bonds is 4. The van der Waals surface area contributed by atoms with Crippen LogP contribution in [0.1, 0.15) is 54.3 Å². The summed E-state index contributed by atoms with van der Waals surface area (Å²) in [6.45, 7) is 8.15. The van der Waals surface area contributed by atoms with E-state index in [9.17, 15) is 9.90 Å². The predicted molar refractivity (Wildman–Crippen MR) is 94.2 cm³/mol. The average Bonchev–Trinajstić information content (AvgIpc) is 2.53. The Morgan fingerprint density at radius 3 is 2.50 bits per heavy atom. The van der Waals surface area contributed by atoms with Gasteiger partial charge >= 0.3 is 0 Å². The molecule has 0 aliphatic carbocycles. The molecule has 1 aromatic carbocycles. The van der Waals surface area contributed by atoms with Crippen LogP contribution in [0.25, 0.3) is 0 Å². The average molecular weight is 348 g/mol. The van der Waals surface area contributed by atoms with Crippen LogP contribution in [-0.4, -0.2) is 27.5 Å².